The molecule has 3 atom stereocenters. The first-order valence-electron chi connectivity index (χ1n) is 12.4. The molecule has 1 aliphatic rings. The van der Waals surface area contributed by atoms with Crippen molar-refractivity contribution in [3.05, 3.63) is 59.3 Å². The summed E-state index contributed by atoms with van der Waals surface area (Å²) in [4.78, 5) is 44.7. The van der Waals surface area contributed by atoms with Gasteiger partial charge in [-0.2, -0.15) is 0 Å². The van der Waals surface area contributed by atoms with Gasteiger partial charge in [-0.1, -0.05) is 43.3 Å². The van der Waals surface area contributed by atoms with E-state index in [0.717, 1.165) is 16.8 Å². The zero-order chi connectivity index (χ0) is 26.5. The van der Waals surface area contributed by atoms with E-state index in [1.54, 1.807) is 33.8 Å². The second-order valence-electron chi connectivity index (χ2n) is 10.1. The van der Waals surface area contributed by atoms with Gasteiger partial charge in [0.1, 0.15) is 23.5 Å². The lowest BCUT2D eigenvalue weighted by atomic mass is 9.96. The van der Waals surface area contributed by atoms with Crippen LogP contribution in [0, 0.1) is 0 Å². The van der Waals surface area contributed by atoms with Crippen LogP contribution in [0.25, 0.3) is 0 Å². The quantitative estimate of drug-likeness (QED) is 0.542. The molecule has 0 aliphatic carbocycles. The van der Waals surface area contributed by atoms with Crippen LogP contribution in [0.15, 0.2) is 42.5 Å². The normalized spacial score (nSPS) is 18.4. The number of nitrogens with zero attached hydrogens (tertiary/aromatic N) is 2. The molecule has 0 radical (unpaired) electrons. The number of ether oxygens (including phenoxy) is 1. The molecule has 1 aromatic heterocycles. The minimum absolute atomic E-state index is 0.0101. The minimum Gasteiger partial charge on any atom is -0.444 e. The molecule has 2 heterocycles. The highest BCUT2D eigenvalue weighted by atomic mass is 16.6. The monoisotopic (exact) mass is 495 g/mol. The van der Waals surface area contributed by atoms with Crippen molar-refractivity contribution in [2.45, 2.75) is 77.6 Å². The fourth-order valence-corrected chi connectivity index (χ4v) is 4.30. The Hall–Kier alpha value is -3.62. The Morgan fingerprint density at radius 1 is 1.17 bits per heavy atom. The van der Waals surface area contributed by atoms with Crippen molar-refractivity contribution in [2.75, 3.05) is 12.3 Å². The third-order valence-corrected chi connectivity index (χ3v) is 6.13. The smallest absolute Gasteiger partial charge is 0.410 e. The highest BCUT2D eigenvalue weighted by molar-refractivity contribution is 5.91. The lowest BCUT2D eigenvalue weighted by molar-refractivity contribution is -0.131. The van der Waals surface area contributed by atoms with Gasteiger partial charge < -0.3 is 21.1 Å². The standard InChI is InChI=1S/C27H37N5O4/c1-6-21-19(12-13-23(28)31-21)15-29-24(33)17(2)30-25(34)22-14-20(18-10-8-7-9-11-18)16-32(22)26(35)36-27(3,4)5/h7-13,17,20,22H,6,14-16H2,1-5H3,(H2,28,31)(H,29,33)(H,30,34)/t17-,20-,22+/m0/s1. The molecule has 1 saturated heterocycles. The van der Waals surface area contributed by atoms with Gasteiger partial charge in [0, 0.05) is 24.7 Å². The number of nitrogen functional groups attached to an aromatic ring is 1. The predicted octanol–water partition coefficient (Wildman–Crippen LogP) is 3.14. The number of anilines is 1. The third-order valence-electron chi connectivity index (χ3n) is 6.13. The molecule has 3 rings (SSSR count). The number of aromatic nitrogens is 1. The van der Waals surface area contributed by atoms with Crippen LogP contribution < -0.4 is 16.4 Å². The number of amides is 3. The highest BCUT2D eigenvalue weighted by Gasteiger charge is 2.42. The molecule has 0 bridgehead atoms. The molecule has 1 aromatic carbocycles. The van der Waals surface area contributed by atoms with Crippen LogP contribution in [0.5, 0.6) is 0 Å². The number of nitrogens with one attached hydrogen (secondary N) is 2. The highest BCUT2D eigenvalue weighted by Crippen LogP contribution is 2.33. The number of nitrogens with two attached hydrogens (primary N) is 1. The first-order valence-corrected chi connectivity index (χ1v) is 12.4. The Kier molecular flexibility index (Phi) is 8.55. The van der Waals surface area contributed by atoms with Crippen molar-refractivity contribution in [2.24, 2.45) is 0 Å². The maximum atomic E-state index is 13.3. The first kappa shape index (κ1) is 27.0. The zero-order valence-electron chi connectivity index (χ0n) is 21.7. The SMILES string of the molecule is CCc1nc(N)ccc1CNC(=O)[C@H](C)NC(=O)[C@H]1C[C@H](c2ccccc2)CN1C(=O)OC(C)(C)C. The Balaban J connectivity index is 1.67. The topological polar surface area (TPSA) is 127 Å². The maximum absolute atomic E-state index is 13.3. The Bertz CT molecular complexity index is 1080. The van der Waals surface area contributed by atoms with Crippen LogP contribution in [-0.2, 0) is 27.3 Å². The third kappa shape index (κ3) is 6.96. The number of carbonyl (C=O) groups excluding carboxylic acids is 3. The molecule has 9 heteroatoms. The van der Waals surface area contributed by atoms with Gasteiger partial charge in [-0.05, 0) is 57.7 Å². The van der Waals surface area contributed by atoms with E-state index in [4.69, 9.17) is 10.5 Å². The van der Waals surface area contributed by atoms with E-state index in [2.05, 4.69) is 15.6 Å². The number of carbonyl (C=O) groups is 3. The molecule has 2 aromatic rings. The van der Waals surface area contributed by atoms with E-state index in [0.29, 0.717) is 25.2 Å². The molecule has 9 nitrogen and oxygen atoms in total. The van der Waals surface area contributed by atoms with Crippen molar-refractivity contribution in [1.82, 2.24) is 20.5 Å². The summed E-state index contributed by atoms with van der Waals surface area (Å²) in [5.74, 6) is -0.291. The fraction of sp³-hybridized carbons (Fsp3) is 0.481. The average Bonchev–Trinajstić information content (AvgIpc) is 3.28. The van der Waals surface area contributed by atoms with Crippen LogP contribution in [-0.4, -0.2) is 52.0 Å². The molecule has 1 fully saturated rings. The molecule has 1 aliphatic heterocycles. The number of pyridine rings is 1. The van der Waals surface area contributed by atoms with Crippen LogP contribution in [0.2, 0.25) is 0 Å². The van der Waals surface area contributed by atoms with E-state index >= 15 is 0 Å². The number of hydrogen-bond donors (Lipinski definition) is 3. The minimum atomic E-state index is -0.791. The molecule has 4 N–H and O–H groups in total. The number of aryl methyl sites for hydroxylation is 1. The van der Waals surface area contributed by atoms with E-state index < -0.39 is 23.8 Å². The summed E-state index contributed by atoms with van der Waals surface area (Å²) in [6.45, 7) is 9.60. The summed E-state index contributed by atoms with van der Waals surface area (Å²) < 4.78 is 5.57. The number of likely N-dealkylation sites (tertiary alicyclic amines) is 1. The summed E-state index contributed by atoms with van der Waals surface area (Å²) in [5, 5.41) is 5.63. The van der Waals surface area contributed by atoms with Crippen molar-refractivity contribution in [3.8, 4) is 0 Å². The summed E-state index contributed by atoms with van der Waals surface area (Å²) >= 11 is 0. The maximum Gasteiger partial charge on any atom is 0.410 e. The van der Waals surface area contributed by atoms with Crippen LogP contribution in [0.1, 0.15) is 63.8 Å². The second kappa shape index (κ2) is 11.4. The van der Waals surface area contributed by atoms with Crippen LogP contribution in [0.3, 0.4) is 0 Å². The number of hydrogen-bond acceptors (Lipinski definition) is 6. The Labute approximate surface area is 212 Å². The summed E-state index contributed by atoms with van der Waals surface area (Å²) in [6, 6.07) is 11.8. The van der Waals surface area contributed by atoms with Gasteiger partial charge in [-0.15, -0.1) is 0 Å². The van der Waals surface area contributed by atoms with Gasteiger partial charge in [-0.3, -0.25) is 14.5 Å². The Morgan fingerprint density at radius 2 is 1.86 bits per heavy atom. The van der Waals surface area contributed by atoms with Crippen LogP contribution >= 0.6 is 0 Å². The largest absolute Gasteiger partial charge is 0.444 e. The summed E-state index contributed by atoms with van der Waals surface area (Å²) in [5.41, 5.74) is 7.80. The molecule has 0 saturated carbocycles. The van der Waals surface area contributed by atoms with Gasteiger partial charge in [0.2, 0.25) is 11.8 Å². The molecule has 194 valence electrons. The molecular formula is C27H37N5O4. The predicted molar refractivity (Wildman–Crippen MR) is 138 cm³/mol. The van der Waals surface area contributed by atoms with Crippen molar-refractivity contribution in [3.63, 3.8) is 0 Å². The molecule has 36 heavy (non-hydrogen) atoms. The molecule has 0 unspecified atom stereocenters. The van der Waals surface area contributed by atoms with E-state index in [1.165, 1.54) is 4.90 Å². The lowest BCUT2D eigenvalue weighted by Gasteiger charge is -2.28. The van der Waals surface area contributed by atoms with E-state index in [1.807, 2.05) is 43.3 Å². The van der Waals surface area contributed by atoms with Crippen molar-refractivity contribution < 1.29 is 19.1 Å². The van der Waals surface area contributed by atoms with Gasteiger partial charge in [0.25, 0.3) is 0 Å². The van der Waals surface area contributed by atoms with Crippen LogP contribution in [0.4, 0.5) is 10.6 Å². The lowest BCUT2D eigenvalue weighted by Crippen LogP contribution is -2.52. The Morgan fingerprint density at radius 3 is 2.50 bits per heavy atom. The zero-order valence-corrected chi connectivity index (χ0v) is 21.7. The molecule has 3 amide bonds. The first-order chi connectivity index (χ1) is 17.0. The molecule has 0 spiro atoms. The van der Waals surface area contributed by atoms with Gasteiger partial charge in [0.05, 0.1) is 0 Å². The summed E-state index contributed by atoms with van der Waals surface area (Å²) in [7, 11) is 0. The van der Waals surface area contributed by atoms with Crippen molar-refractivity contribution >= 4 is 23.7 Å². The van der Waals surface area contributed by atoms with Gasteiger partial charge in [-0.25, -0.2) is 9.78 Å². The number of benzene rings is 1. The van der Waals surface area contributed by atoms with E-state index in [9.17, 15) is 14.4 Å². The fourth-order valence-electron chi connectivity index (χ4n) is 4.30. The molecular weight excluding hydrogens is 458 g/mol. The number of rotatable bonds is 7. The van der Waals surface area contributed by atoms with E-state index in [-0.39, 0.29) is 24.3 Å². The summed E-state index contributed by atoms with van der Waals surface area (Å²) in [6.07, 6.45) is 0.592. The van der Waals surface area contributed by atoms with Gasteiger partial charge in [0.15, 0.2) is 0 Å². The van der Waals surface area contributed by atoms with Gasteiger partial charge >= 0.3 is 6.09 Å². The second-order valence-corrected chi connectivity index (χ2v) is 10.1. The van der Waals surface area contributed by atoms with Crippen molar-refractivity contribution in [1.29, 1.82) is 0 Å². The average molecular weight is 496 g/mol.